The lowest BCUT2D eigenvalue weighted by Crippen LogP contribution is -2.37. The summed E-state index contributed by atoms with van der Waals surface area (Å²) in [6.45, 7) is 1.18. The summed E-state index contributed by atoms with van der Waals surface area (Å²) in [4.78, 5) is 20.7. The fourth-order valence-corrected chi connectivity index (χ4v) is 5.71. The normalized spacial score (nSPS) is 11.2. The maximum atomic E-state index is 13.9. The number of hydrogen-bond acceptors (Lipinski definition) is 5. The van der Waals surface area contributed by atoms with Gasteiger partial charge in [-0.3, -0.25) is 10.2 Å². The number of fused-ring (bicyclic) bond motifs is 2. The molecule has 0 saturated carbocycles. The number of hydrogen-bond donors (Lipinski definition) is 4. The van der Waals surface area contributed by atoms with Crippen LogP contribution in [-0.4, -0.2) is 27.8 Å². The average Bonchev–Trinajstić information content (AvgIpc) is 3.37. The molecule has 6 rings (SSSR count). The standard InChI is InChI=1S/C37H37N7O/c1-43-34-19-18-31(21-33(34)42-35(43)20-13-25-9-14-28(15-10-25)37(39)40)44(24-29-7-4-6-27-5-2-3-8-32(27)29)36(45)23-41-22-26-11-16-30(38)17-12-26/h2-12,14-19,21,41H,13,20,22-24,38H2,1H3,(H3,39,40). The maximum Gasteiger partial charge on any atom is 0.241 e. The summed E-state index contributed by atoms with van der Waals surface area (Å²) >= 11 is 0. The lowest BCUT2D eigenvalue weighted by molar-refractivity contribution is -0.118. The monoisotopic (exact) mass is 595 g/mol. The summed E-state index contributed by atoms with van der Waals surface area (Å²) in [7, 11) is 2.03. The molecule has 0 aliphatic rings. The molecule has 0 bridgehead atoms. The molecule has 8 nitrogen and oxygen atoms in total. The van der Waals surface area contributed by atoms with Gasteiger partial charge in [0.1, 0.15) is 11.7 Å². The second-order valence-corrected chi connectivity index (χ2v) is 11.3. The molecular formula is C37H37N7O. The highest BCUT2D eigenvalue weighted by atomic mass is 16.2. The number of nitrogens with two attached hydrogens (primary N) is 2. The molecule has 0 radical (unpaired) electrons. The van der Waals surface area contributed by atoms with Gasteiger partial charge in [-0.1, -0.05) is 78.9 Å². The van der Waals surface area contributed by atoms with E-state index in [-0.39, 0.29) is 18.3 Å². The Bertz CT molecular complexity index is 1970. The molecule has 6 N–H and O–H groups in total. The van der Waals surface area contributed by atoms with Crippen LogP contribution in [0.2, 0.25) is 0 Å². The van der Waals surface area contributed by atoms with Gasteiger partial charge in [-0.05, 0) is 64.2 Å². The number of benzene rings is 5. The van der Waals surface area contributed by atoms with Crippen molar-refractivity contribution >= 4 is 44.9 Å². The Morgan fingerprint density at radius 2 is 1.62 bits per heavy atom. The predicted molar refractivity (Wildman–Crippen MR) is 183 cm³/mol. The number of nitrogens with zero attached hydrogens (tertiary/aromatic N) is 3. The van der Waals surface area contributed by atoms with E-state index in [2.05, 4.69) is 34.1 Å². The number of carbonyl (C=O) groups excluding carboxylic acids is 1. The zero-order valence-electron chi connectivity index (χ0n) is 25.3. The van der Waals surface area contributed by atoms with Gasteiger partial charge in [0.25, 0.3) is 0 Å². The largest absolute Gasteiger partial charge is 0.399 e. The zero-order valence-corrected chi connectivity index (χ0v) is 25.3. The van der Waals surface area contributed by atoms with Crippen molar-refractivity contribution < 1.29 is 4.79 Å². The number of amides is 1. The number of nitrogen functional groups attached to an aromatic ring is 2. The lowest BCUT2D eigenvalue weighted by Gasteiger charge is -2.24. The minimum atomic E-state index is -0.0251. The molecule has 226 valence electrons. The Morgan fingerprint density at radius 3 is 2.40 bits per heavy atom. The minimum absolute atomic E-state index is 0.0251. The van der Waals surface area contributed by atoms with Crippen LogP contribution < -0.4 is 21.7 Å². The predicted octanol–water partition coefficient (Wildman–Crippen LogP) is 5.70. The van der Waals surface area contributed by atoms with Crippen LogP contribution in [0.3, 0.4) is 0 Å². The molecule has 0 unspecified atom stereocenters. The summed E-state index contributed by atoms with van der Waals surface area (Å²) in [5.41, 5.74) is 18.8. The van der Waals surface area contributed by atoms with Crippen molar-refractivity contribution in [3.8, 4) is 0 Å². The third-order valence-electron chi connectivity index (χ3n) is 8.27. The quantitative estimate of drug-likeness (QED) is 0.0869. The Balaban J connectivity index is 1.25. The van der Waals surface area contributed by atoms with Crippen molar-refractivity contribution in [2.24, 2.45) is 12.8 Å². The number of anilines is 2. The summed E-state index contributed by atoms with van der Waals surface area (Å²) in [6.07, 6.45) is 1.57. The molecule has 45 heavy (non-hydrogen) atoms. The highest BCUT2D eigenvalue weighted by Gasteiger charge is 2.19. The summed E-state index contributed by atoms with van der Waals surface area (Å²) in [5.74, 6) is 1.01. The van der Waals surface area contributed by atoms with Crippen molar-refractivity contribution in [3.05, 3.63) is 137 Å². The molecule has 0 fully saturated rings. The number of aryl methyl sites for hydroxylation is 3. The highest BCUT2D eigenvalue weighted by molar-refractivity contribution is 5.97. The van der Waals surface area contributed by atoms with E-state index in [0.717, 1.165) is 68.4 Å². The van der Waals surface area contributed by atoms with Gasteiger partial charge in [0, 0.05) is 37.0 Å². The highest BCUT2D eigenvalue weighted by Crippen LogP contribution is 2.27. The van der Waals surface area contributed by atoms with Gasteiger partial charge < -0.3 is 26.3 Å². The van der Waals surface area contributed by atoms with Crippen molar-refractivity contribution in [1.29, 1.82) is 5.41 Å². The Kier molecular flexibility index (Phi) is 8.57. The van der Waals surface area contributed by atoms with E-state index in [4.69, 9.17) is 21.9 Å². The molecule has 6 aromatic rings. The first-order chi connectivity index (χ1) is 21.9. The molecule has 0 aliphatic heterocycles. The summed E-state index contributed by atoms with van der Waals surface area (Å²) < 4.78 is 2.12. The summed E-state index contributed by atoms with van der Waals surface area (Å²) in [5, 5.41) is 13.2. The third-order valence-corrected chi connectivity index (χ3v) is 8.27. The maximum absolute atomic E-state index is 13.9. The first-order valence-corrected chi connectivity index (χ1v) is 15.1. The minimum Gasteiger partial charge on any atom is -0.399 e. The van der Waals surface area contributed by atoms with Crippen molar-refractivity contribution in [2.45, 2.75) is 25.9 Å². The molecule has 0 spiro atoms. The van der Waals surface area contributed by atoms with E-state index in [9.17, 15) is 4.79 Å². The molecule has 1 amide bonds. The Hall–Kier alpha value is -5.47. The van der Waals surface area contributed by atoms with Crippen LogP contribution in [0.25, 0.3) is 21.8 Å². The molecule has 8 heteroatoms. The van der Waals surface area contributed by atoms with Crippen molar-refractivity contribution in [1.82, 2.24) is 14.9 Å². The van der Waals surface area contributed by atoms with Gasteiger partial charge >= 0.3 is 0 Å². The lowest BCUT2D eigenvalue weighted by atomic mass is 10.0. The molecule has 0 aliphatic carbocycles. The second-order valence-electron chi connectivity index (χ2n) is 11.3. The van der Waals surface area contributed by atoms with Gasteiger partial charge in [0.2, 0.25) is 5.91 Å². The van der Waals surface area contributed by atoms with Crippen LogP contribution in [0.5, 0.6) is 0 Å². The molecule has 1 heterocycles. The number of nitrogens with one attached hydrogen (secondary N) is 2. The van der Waals surface area contributed by atoms with E-state index in [1.807, 2.05) is 96.9 Å². The Labute approximate surface area is 262 Å². The van der Waals surface area contributed by atoms with Crippen LogP contribution in [-0.2, 0) is 37.8 Å². The first-order valence-electron chi connectivity index (χ1n) is 15.1. The zero-order chi connectivity index (χ0) is 31.3. The summed E-state index contributed by atoms with van der Waals surface area (Å²) in [6, 6.07) is 36.0. The van der Waals surface area contributed by atoms with Gasteiger partial charge in [0.15, 0.2) is 0 Å². The van der Waals surface area contributed by atoms with Crippen molar-refractivity contribution in [3.63, 3.8) is 0 Å². The molecular weight excluding hydrogens is 558 g/mol. The molecule has 0 saturated heterocycles. The van der Waals surface area contributed by atoms with E-state index in [1.54, 1.807) is 0 Å². The van der Waals surface area contributed by atoms with E-state index in [1.165, 1.54) is 0 Å². The smallest absolute Gasteiger partial charge is 0.241 e. The van der Waals surface area contributed by atoms with Gasteiger partial charge in [-0.2, -0.15) is 0 Å². The number of rotatable bonds is 11. The first kappa shape index (κ1) is 29.6. The van der Waals surface area contributed by atoms with E-state index in [0.29, 0.717) is 18.8 Å². The van der Waals surface area contributed by atoms with Gasteiger partial charge in [-0.15, -0.1) is 0 Å². The fraction of sp³-hybridized carbons (Fsp3) is 0.162. The van der Waals surface area contributed by atoms with E-state index >= 15 is 0 Å². The van der Waals surface area contributed by atoms with Crippen LogP contribution in [0.1, 0.15) is 28.1 Å². The number of carbonyl (C=O) groups is 1. The van der Waals surface area contributed by atoms with Gasteiger partial charge in [-0.25, -0.2) is 4.98 Å². The third kappa shape index (κ3) is 6.71. The van der Waals surface area contributed by atoms with Gasteiger partial charge in [0.05, 0.1) is 24.1 Å². The molecule has 1 aromatic heterocycles. The number of amidine groups is 1. The van der Waals surface area contributed by atoms with Crippen LogP contribution in [0.4, 0.5) is 11.4 Å². The topological polar surface area (TPSA) is 126 Å². The van der Waals surface area contributed by atoms with E-state index < -0.39 is 0 Å². The molecule has 5 aromatic carbocycles. The average molecular weight is 596 g/mol. The fourth-order valence-electron chi connectivity index (χ4n) is 5.71. The van der Waals surface area contributed by atoms with Crippen LogP contribution >= 0.6 is 0 Å². The van der Waals surface area contributed by atoms with Crippen LogP contribution in [0, 0.1) is 5.41 Å². The number of imidazole rings is 1. The second kappa shape index (κ2) is 13.0. The van der Waals surface area contributed by atoms with Crippen molar-refractivity contribution in [2.75, 3.05) is 17.2 Å². The number of aromatic nitrogens is 2. The SMILES string of the molecule is Cn1c(CCc2ccc(C(=N)N)cc2)nc2cc(N(Cc3cccc4ccccc34)C(=O)CNCc3ccc(N)cc3)ccc21. The Morgan fingerprint density at radius 1 is 0.889 bits per heavy atom. The molecule has 0 atom stereocenters. The van der Waals surface area contributed by atoms with Crippen LogP contribution in [0.15, 0.2) is 109 Å².